The first-order valence-electron chi connectivity index (χ1n) is 6.24. The molecular weight excluding hydrogens is 274 g/mol. The van der Waals surface area contributed by atoms with Gasteiger partial charge in [0.1, 0.15) is 5.82 Å². The lowest BCUT2D eigenvalue weighted by atomic mass is 10.2. The first-order chi connectivity index (χ1) is 9.60. The fourth-order valence-electron chi connectivity index (χ4n) is 1.64. The van der Waals surface area contributed by atoms with Crippen LogP contribution in [0.1, 0.15) is 12.5 Å². The summed E-state index contributed by atoms with van der Waals surface area (Å²) < 4.78 is 0. The molecule has 104 valence electrons. The number of pyridine rings is 1. The Morgan fingerprint density at radius 3 is 2.55 bits per heavy atom. The highest BCUT2D eigenvalue weighted by molar-refractivity contribution is 7.99. The number of nitrogens with one attached hydrogen (secondary N) is 1. The van der Waals surface area contributed by atoms with E-state index in [1.54, 1.807) is 6.07 Å². The molecule has 0 spiro atoms. The Hall–Kier alpha value is -2.08. The van der Waals surface area contributed by atoms with Gasteiger partial charge in [-0.05, 0) is 32.0 Å². The van der Waals surface area contributed by atoms with Crippen LogP contribution in [0.3, 0.4) is 0 Å². The fourth-order valence-corrected chi connectivity index (χ4v) is 2.53. The van der Waals surface area contributed by atoms with Gasteiger partial charge >= 0.3 is 5.69 Å². The summed E-state index contributed by atoms with van der Waals surface area (Å²) in [5, 5.41) is 14.5. The highest BCUT2D eigenvalue weighted by atomic mass is 32.2. The molecule has 0 aliphatic carbocycles. The van der Waals surface area contributed by atoms with Crippen molar-refractivity contribution in [2.24, 2.45) is 0 Å². The molecule has 0 unspecified atom stereocenters. The number of hydrogen-bond donors (Lipinski definition) is 1. The van der Waals surface area contributed by atoms with Gasteiger partial charge in [-0.3, -0.25) is 10.1 Å². The third-order valence-corrected chi connectivity index (χ3v) is 3.63. The Labute approximate surface area is 121 Å². The molecular formula is C14H15N3O2S. The average molecular weight is 289 g/mol. The second-order valence-electron chi connectivity index (χ2n) is 4.22. The number of aryl methyl sites for hydroxylation is 1. The number of benzene rings is 1. The SMILES string of the molecule is CCNc1ccc([N+](=O)[O-])c(Sc2ccc(C)cc2)n1. The smallest absolute Gasteiger partial charge is 0.301 e. The van der Waals surface area contributed by atoms with Gasteiger partial charge in [-0.15, -0.1) is 0 Å². The number of rotatable bonds is 5. The molecule has 0 saturated carbocycles. The van der Waals surface area contributed by atoms with Crippen molar-refractivity contribution in [1.82, 2.24) is 4.98 Å². The van der Waals surface area contributed by atoms with E-state index in [0.29, 0.717) is 10.8 Å². The third-order valence-electron chi connectivity index (χ3n) is 2.63. The van der Waals surface area contributed by atoms with Crippen LogP contribution in [0.2, 0.25) is 0 Å². The lowest BCUT2D eigenvalue weighted by molar-refractivity contribution is -0.388. The van der Waals surface area contributed by atoms with Gasteiger partial charge in [-0.2, -0.15) is 0 Å². The Bertz CT molecular complexity index is 614. The normalized spacial score (nSPS) is 10.3. The van der Waals surface area contributed by atoms with Crippen molar-refractivity contribution >= 4 is 23.3 Å². The summed E-state index contributed by atoms with van der Waals surface area (Å²) in [5.41, 5.74) is 1.18. The number of hydrogen-bond acceptors (Lipinski definition) is 5. The molecule has 1 heterocycles. The highest BCUT2D eigenvalue weighted by Gasteiger charge is 2.17. The van der Waals surface area contributed by atoms with E-state index in [9.17, 15) is 10.1 Å². The first kappa shape index (κ1) is 14.3. The Balaban J connectivity index is 2.34. The molecule has 2 rings (SSSR count). The molecule has 1 N–H and O–H groups in total. The Morgan fingerprint density at radius 1 is 1.25 bits per heavy atom. The second kappa shape index (κ2) is 6.38. The topological polar surface area (TPSA) is 68.1 Å². The molecule has 0 aliphatic rings. The van der Waals surface area contributed by atoms with Crippen molar-refractivity contribution in [1.29, 1.82) is 0 Å². The summed E-state index contributed by atoms with van der Waals surface area (Å²) in [7, 11) is 0. The van der Waals surface area contributed by atoms with Crippen molar-refractivity contribution in [2.45, 2.75) is 23.8 Å². The summed E-state index contributed by atoms with van der Waals surface area (Å²) in [6.07, 6.45) is 0. The van der Waals surface area contributed by atoms with Crippen molar-refractivity contribution in [3.05, 3.63) is 52.1 Å². The fraction of sp³-hybridized carbons (Fsp3) is 0.214. The summed E-state index contributed by atoms with van der Waals surface area (Å²) in [4.78, 5) is 15.9. The zero-order valence-corrected chi connectivity index (χ0v) is 12.1. The van der Waals surface area contributed by atoms with Gasteiger partial charge in [0.05, 0.1) is 4.92 Å². The van der Waals surface area contributed by atoms with Crippen LogP contribution in [-0.2, 0) is 0 Å². The van der Waals surface area contributed by atoms with E-state index in [0.717, 1.165) is 17.0 Å². The minimum Gasteiger partial charge on any atom is -0.370 e. The second-order valence-corrected chi connectivity index (χ2v) is 5.29. The number of anilines is 1. The van der Waals surface area contributed by atoms with Crippen molar-refractivity contribution in [2.75, 3.05) is 11.9 Å². The molecule has 2 aromatic rings. The van der Waals surface area contributed by atoms with Gasteiger partial charge in [-0.1, -0.05) is 29.5 Å². The predicted molar refractivity (Wildman–Crippen MR) is 80.4 cm³/mol. The van der Waals surface area contributed by atoms with Crippen LogP contribution in [0.5, 0.6) is 0 Å². The monoisotopic (exact) mass is 289 g/mol. The molecule has 0 fully saturated rings. The van der Waals surface area contributed by atoms with E-state index in [1.165, 1.54) is 17.8 Å². The Kier molecular flexibility index (Phi) is 4.57. The molecule has 0 aliphatic heterocycles. The summed E-state index contributed by atoms with van der Waals surface area (Å²) in [6.45, 7) is 4.68. The zero-order valence-electron chi connectivity index (χ0n) is 11.3. The number of aromatic nitrogens is 1. The van der Waals surface area contributed by atoms with Gasteiger partial charge in [0.25, 0.3) is 0 Å². The van der Waals surface area contributed by atoms with Gasteiger partial charge in [0.2, 0.25) is 0 Å². The maximum atomic E-state index is 11.1. The van der Waals surface area contributed by atoms with Crippen LogP contribution in [0.4, 0.5) is 11.5 Å². The average Bonchev–Trinajstić information content (AvgIpc) is 2.42. The van der Waals surface area contributed by atoms with Gasteiger partial charge in [0.15, 0.2) is 5.03 Å². The minimum absolute atomic E-state index is 0.0252. The van der Waals surface area contributed by atoms with Gasteiger partial charge in [0, 0.05) is 17.5 Å². The largest absolute Gasteiger partial charge is 0.370 e. The standard InChI is InChI=1S/C14H15N3O2S/c1-3-15-13-9-8-12(17(18)19)14(16-13)20-11-6-4-10(2)5-7-11/h4-9H,3H2,1-2H3,(H,15,16). The molecule has 0 saturated heterocycles. The highest BCUT2D eigenvalue weighted by Crippen LogP contribution is 2.34. The molecule has 0 atom stereocenters. The third kappa shape index (κ3) is 3.48. The lowest BCUT2D eigenvalue weighted by Crippen LogP contribution is -2.01. The molecule has 1 aromatic heterocycles. The molecule has 5 nitrogen and oxygen atoms in total. The summed E-state index contributed by atoms with van der Waals surface area (Å²) in [6, 6.07) is 10.9. The maximum Gasteiger partial charge on any atom is 0.301 e. The summed E-state index contributed by atoms with van der Waals surface area (Å²) in [5.74, 6) is 0.646. The molecule has 6 heteroatoms. The minimum atomic E-state index is -0.404. The van der Waals surface area contributed by atoms with Crippen LogP contribution in [0.15, 0.2) is 46.3 Å². The zero-order chi connectivity index (χ0) is 14.5. The lowest BCUT2D eigenvalue weighted by Gasteiger charge is -2.06. The number of nitro groups is 1. The van der Waals surface area contributed by atoms with E-state index in [1.807, 2.05) is 38.1 Å². The van der Waals surface area contributed by atoms with Crippen molar-refractivity contribution in [3.8, 4) is 0 Å². The maximum absolute atomic E-state index is 11.1. The van der Waals surface area contributed by atoms with Gasteiger partial charge in [-0.25, -0.2) is 4.98 Å². The van der Waals surface area contributed by atoms with E-state index in [4.69, 9.17) is 0 Å². The molecule has 0 amide bonds. The Morgan fingerprint density at radius 2 is 1.95 bits per heavy atom. The molecule has 1 aromatic carbocycles. The van der Waals surface area contributed by atoms with Crippen LogP contribution >= 0.6 is 11.8 Å². The quantitative estimate of drug-likeness (QED) is 0.668. The van der Waals surface area contributed by atoms with Crippen molar-refractivity contribution < 1.29 is 4.92 Å². The summed E-state index contributed by atoms with van der Waals surface area (Å²) >= 11 is 1.30. The van der Waals surface area contributed by atoms with E-state index < -0.39 is 4.92 Å². The van der Waals surface area contributed by atoms with Crippen LogP contribution in [-0.4, -0.2) is 16.5 Å². The van der Waals surface area contributed by atoms with E-state index in [2.05, 4.69) is 10.3 Å². The van der Waals surface area contributed by atoms with E-state index in [-0.39, 0.29) is 5.69 Å². The number of nitrogens with zero attached hydrogens (tertiary/aromatic N) is 2. The van der Waals surface area contributed by atoms with Crippen LogP contribution < -0.4 is 5.32 Å². The van der Waals surface area contributed by atoms with Crippen LogP contribution in [0, 0.1) is 17.0 Å². The van der Waals surface area contributed by atoms with Crippen LogP contribution in [0.25, 0.3) is 0 Å². The van der Waals surface area contributed by atoms with Gasteiger partial charge < -0.3 is 5.32 Å². The predicted octanol–water partition coefficient (Wildman–Crippen LogP) is 3.88. The molecule has 0 radical (unpaired) electrons. The molecule has 20 heavy (non-hydrogen) atoms. The van der Waals surface area contributed by atoms with Crippen molar-refractivity contribution in [3.63, 3.8) is 0 Å². The van der Waals surface area contributed by atoms with E-state index >= 15 is 0 Å². The molecule has 0 bridgehead atoms. The first-order valence-corrected chi connectivity index (χ1v) is 7.05.